The van der Waals surface area contributed by atoms with Gasteiger partial charge in [-0.1, -0.05) is 23.2 Å². The van der Waals surface area contributed by atoms with Crippen LogP contribution in [0.1, 0.15) is 44.9 Å². The molecular formula is C21H20Cl2N2O7. The Morgan fingerprint density at radius 1 is 0.844 bits per heavy atom. The molecule has 0 fully saturated rings. The van der Waals surface area contributed by atoms with E-state index in [0.717, 1.165) is 0 Å². The Labute approximate surface area is 193 Å². The summed E-state index contributed by atoms with van der Waals surface area (Å²) >= 11 is 11.7. The van der Waals surface area contributed by atoms with Crippen LogP contribution >= 0.6 is 23.2 Å². The SMILES string of the molecule is CCOC(=O)c1cc(NC(=O)COC(=O)c2cc(Cl)cc(Cl)c2N)cc(C(=O)OCC)c1. The second kappa shape index (κ2) is 11.4. The van der Waals surface area contributed by atoms with E-state index in [2.05, 4.69) is 5.32 Å². The number of hydrogen-bond donors (Lipinski definition) is 2. The zero-order chi connectivity index (χ0) is 23.8. The molecule has 0 atom stereocenters. The molecule has 9 nitrogen and oxygen atoms in total. The van der Waals surface area contributed by atoms with Crippen molar-refractivity contribution < 1.29 is 33.4 Å². The number of nitrogens with one attached hydrogen (secondary N) is 1. The Bertz CT molecular complexity index is 1020. The lowest BCUT2D eigenvalue weighted by molar-refractivity contribution is -0.119. The fourth-order valence-corrected chi connectivity index (χ4v) is 3.02. The summed E-state index contributed by atoms with van der Waals surface area (Å²) < 4.78 is 14.8. The van der Waals surface area contributed by atoms with Gasteiger partial charge in [-0.05, 0) is 44.2 Å². The number of anilines is 2. The third kappa shape index (κ3) is 6.60. The molecule has 0 aromatic heterocycles. The van der Waals surface area contributed by atoms with E-state index in [9.17, 15) is 19.2 Å². The monoisotopic (exact) mass is 482 g/mol. The third-order valence-electron chi connectivity index (χ3n) is 3.89. The van der Waals surface area contributed by atoms with Crippen molar-refractivity contribution in [3.63, 3.8) is 0 Å². The van der Waals surface area contributed by atoms with Gasteiger partial charge in [0.05, 0.1) is 40.6 Å². The van der Waals surface area contributed by atoms with Crippen LogP contribution < -0.4 is 11.1 Å². The first-order valence-electron chi connectivity index (χ1n) is 9.37. The Balaban J connectivity index is 2.15. The van der Waals surface area contributed by atoms with Gasteiger partial charge in [-0.15, -0.1) is 0 Å². The fourth-order valence-electron chi connectivity index (χ4n) is 2.52. The van der Waals surface area contributed by atoms with Crippen molar-refractivity contribution in [3.8, 4) is 0 Å². The lowest BCUT2D eigenvalue weighted by Crippen LogP contribution is -2.22. The van der Waals surface area contributed by atoms with Crippen LogP contribution in [0.25, 0.3) is 0 Å². The van der Waals surface area contributed by atoms with Gasteiger partial charge in [-0.25, -0.2) is 14.4 Å². The summed E-state index contributed by atoms with van der Waals surface area (Å²) in [6.45, 7) is 2.82. The first-order chi connectivity index (χ1) is 15.2. The summed E-state index contributed by atoms with van der Waals surface area (Å²) in [5.74, 6) is -3.02. The quantitative estimate of drug-likeness (QED) is 0.330. The van der Waals surface area contributed by atoms with E-state index in [1.807, 2.05) is 0 Å². The van der Waals surface area contributed by atoms with Gasteiger partial charge in [0.25, 0.3) is 5.91 Å². The normalized spacial score (nSPS) is 10.2. The predicted octanol–water partition coefficient (Wildman–Crippen LogP) is 3.72. The Kier molecular flexibility index (Phi) is 8.86. The molecule has 0 aliphatic heterocycles. The van der Waals surface area contributed by atoms with Crippen molar-refractivity contribution in [2.24, 2.45) is 0 Å². The van der Waals surface area contributed by atoms with Crippen LogP contribution in [-0.2, 0) is 19.0 Å². The average molecular weight is 483 g/mol. The topological polar surface area (TPSA) is 134 Å². The first-order valence-corrected chi connectivity index (χ1v) is 10.1. The van der Waals surface area contributed by atoms with Gasteiger partial charge in [0.15, 0.2) is 6.61 Å². The van der Waals surface area contributed by atoms with Crippen LogP contribution in [0.5, 0.6) is 0 Å². The van der Waals surface area contributed by atoms with E-state index in [1.54, 1.807) is 13.8 Å². The smallest absolute Gasteiger partial charge is 0.340 e. The molecule has 32 heavy (non-hydrogen) atoms. The molecule has 0 aliphatic carbocycles. The number of ether oxygens (including phenoxy) is 3. The number of nitrogens with two attached hydrogens (primary N) is 1. The molecule has 2 aromatic carbocycles. The van der Waals surface area contributed by atoms with Crippen LogP contribution in [0.2, 0.25) is 10.0 Å². The lowest BCUT2D eigenvalue weighted by Gasteiger charge is -2.11. The number of benzene rings is 2. The third-order valence-corrected chi connectivity index (χ3v) is 4.42. The molecule has 0 aliphatic rings. The zero-order valence-corrected chi connectivity index (χ0v) is 18.7. The van der Waals surface area contributed by atoms with E-state index >= 15 is 0 Å². The number of rotatable bonds is 8. The Morgan fingerprint density at radius 3 is 1.94 bits per heavy atom. The zero-order valence-electron chi connectivity index (χ0n) is 17.2. The Hall–Kier alpha value is -3.30. The van der Waals surface area contributed by atoms with Gasteiger partial charge in [-0.3, -0.25) is 4.79 Å². The van der Waals surface area contributed by atoms with Crippen molar-refractivity contribution in [1.82, 2.24) is 0 Å². The van der Waals surface area contributed by atoms with Gasteiger partial charge >= 0.3 is 17.9 Å². The highest BCUT2D eigenvalue weighted by atomic mass is 35.5. The maximum Gasteiger partial charge on any atom is 0.340 e. The molecule has 11 heteroatoms. The van der Waals surface area contributed by atoms with Crippen LogP contribution in [0.3, 0.4) is 0 Å². The summed E-state index contributed by atoms with van der Waals surface area (Å²) in [6, 6.07) is 6.54. The minimum atomic E-state index is -0.908. The number of esters is 3. The second-order valence-electron chi connectivity index (χ2n) is 6.21. The van der Waals surface area contributed by atoms with E-state index in [0.29, 0.717) is 0 Å². The first kappa shape index (κ1) is 25.0. The minimum Gasteiger partial charge on any atom is -0.462 e. The highest BCUT2D eigenvalue weighted by Gasteiger charge is 2.18. The van der Waals surface area contributed by atoms with Crippen molar-refractivity contribution in [2.75, 3.05) is 30.9 Å². The molecule has 0 bridgehead atoms. The van der Waals surface area contributed by atoms with E-state index in [4.69, 9.17) is 43.1 Å². The number of halogens is 2. The number of hydrogen-bond acceptors (Lipinski definition) is 8. The van der Waals surface area contributed by atoms with Crippen LogP contribution in [0, 0.1) is 0 Å². The van der Waals surface area contributed by atoms with Crippen molar-refractivity contribution in [1.29, 1.82) is 0 Å². The highest BCUT2D eigenvalue weighted by Crippen LogP contribution is 2.28. The molecule has 0 unspecified atom stereocenters. The number of nitrogen functional groups attached to an aromatic ring is 1. The van der Waals surface area contributed by atoms with Gasteiger partial charge in [0, 0.05) is 10.7 Å². The number of carbonyl (C=O) groups excluding carboxylic acids is 4. The van der Waals surface area contributed by atoms with Gasteiger partial charge in [-0.2, -0.15) is 0 Å². The molecule has 1 amide bonds. The molecule has 0 heterocycles. The molecule has 2 aromatic rings. The largest absolute Gasteiger partial charge is 0.462 e. The molecule has 0 radical (unpaired) electrons. The van der Waals surface area contributed by atoms with E-state index < -0.39 is 30.4 Å². The maximum absolute atomic E-state index is 12.3. The Morgan fingerprint density at radius 2 is 1.41 bits per heavy atom. The summed E-state index contributed by atoms with van der Waals surface area (Å²) in [5, 5.41) is 2.68. The standard InChI is InChI=1S/C21H20Cl2N2O7/c1-3-30-19(27)11-5-12(20(28)31-4-2)7-14(6-11)25-17(26)10-32-21(29)15-8-13(22)9-16(23)18(15)24/h5-9H,3-4,10,24H2,1-2H3,(H,25,26). The van der Waals surface area contributed by atoms with Crippen molar-refractivity contribution in [2.45, 2.75) is 13.8 Å². The summed E-state index contributed by atoms with van der Waals surface area (Å²) in [7, 11) is 0. The summed E-state index contributed by atoms with van der Waals surface area (Å²) in [6.07, 6.45) is 0. The summed E-state index contributed by atoms with van der Waals surface area (Å²) in [5.41, 5.74) is 5.78. The molecule has 2 rings (SSSR count). The predicted molar refractivity (Wildman–Crippen MR) is 118 cm³/mol. The summed E-state index contributed by atoms with van der Waals surface area (Å²) in [4.78, 5) is 48.7. The number of amides is 1. The molecular weight excluding hydrogens is 463 g/mol. The molecule has 0 spiro atoms. The minimum absolute atomic E-state index is 0.0334. The highest BCUT2D eigenvalue weighted by molar-refractivity contribution is 6.37. The van der Waals surface area contributed by atoms with Gasteiger partial charge in [0.1, 0.15) is 0 Å². The average Bonchev–Trinajstić information content (AvgIpc) is 2.74. The molecule has 0 saturated carbocycles. The molecule has 170 valence electrons. The fraction of sp³-hybridized carbons (Fsp3) is 0.238. The second-order valence-corrected chi connectivity index (χ2v) is 7.06. The molecule has 0 saturated heterocycles. The van der Waals surface area contributed by atoms with Crippen molar-refractivity contribution >= 4 is 58.4 Å². The van der Waals surface area contributed by atoms with E-state index in [-0.39, 0.29) is 51.3 Å². The lowest BCUT2D eigenvalue weighted by atomic mass is 10.1. The van der Waals surface area contributed by atoms with Gasteiger partial charge in [0.2, 0.25) is 0 Å². The van der Waals surface area contributed by atoms with Crippen molar-refractivity contribution in [3.05, 3.63) is 57.1 Å². The molecule has 3 N–H and O–H groups in total. The van der Waals surface area contributed by atoms with Crippen LogP contribution in [0.4, 0.5) is 11.4 Å². The van der Waals surface area contributed by atoms with Crippen LogP contribution in [0.15, 0.2) is 30.3 Å². The van der Waals surface area contributed by atoms with Gasteiger partial charge < -0.3 is 25.3 Å². The van der Waals surface area contributed by atoms with E-state index in [1.165, 1.54) is 30.3 Å². The maximum atomic E-state index is 12.3. The van der Waals surface area contributed by atoms with Crippen LogP contribution in [-0.4, -0.2) is 43.6 Å². The number of carbonyl (C=O) groups is 4.